The van der Waals surface area contributed by atoms with Crippen molar-refractivity contribution in [3.63, 3.8) is 0 Å². The van der Waals surface area contributed by atoms with Crippen LogP contribution in [0.4, 0.5) is 5.69 Å². The average Bonchev–Trinajstić information content (AvgIpc) is 2.79. The Hall–Kier alpha value is -1.62. The van der Waals surface area contributed by atoms with E-state index in [1.54, 1.807) is 12.1 Å². The molecule has 16 heavy (non-hydrogen) atoms. The van der Waals surface area contributed by atoms with E-state index in [0.717, 1.165) is 19.4 Å². The van der Waals surface area contributed by atoms with E-state index in [-0.39, 0.29) is 18.4 Å². The Bertz CT molecular complexity index is 375. The van der Waals surface area contributed by atoms with E-state index in [1.807, 2.05) is 0 Å². The van der Waals surface area contributed by atoms with Crippen LogP contribution in [0, 0.1) is 0 Å². The molecule has 0 aromatic carbocycles. The van der Waals surface area contributed by atoms with Crippen molar-refractivity contribution in [3.8, 4) is 0 Å². The zero-order chi connectivity index (χ0) is 11.4. The first kappa shape index (κ1) is 10.9. The molecule has 0 spiro atoms. The Morgan fingerprint density at radius 2 is 2.56 bits per heavy atom. The first-order chi connectivity index (χ1) is 7.77. The van der Waals surface area contributed by atoms with Gasteiger partial charge in [-0.2, -0.15) is 0 Å². The Kier molecular flexibility index (Phi) is 3.36. The number of esters is 1. The maximum atomic E-state index is 11.6. The van der Waals surface area contributed by atoms with Gasteiger partial charge in [-0.25, -0.2) is 9.78 Å². The highest BCUT2D eigenvalue weighted by Crippen LogP contribution is 2.14. The Morgan fingerprint density at radius 1 is 1.69 bits per heavy atom. The number of hydrogen-bond acceptors (Lipinski definition) is 5. The quantitative estimate of drug-likeness (QED) is 0.772. The van der Waals surface area contributed by atoms with Crippen LogP contribution in [0.15, 0.2) is 18.3 Å². The van der Waals surface area contributed by atoms with Crippen molar-refractivity contribution in [2.75, 3.05) is 18.9 Å². The zero-order valence-corrected chi connectivity index (χ0v) is 8.89. The second-order valence-electron chi connectivity index (χ2n) is 3.67. The van der Waals surface area contributed by atoms with Crippen molar-refractivity contribution in [1.29, 1.82) is 0 Å². The number of carbonyl (C=O) groups is 1. The van der Waals surface area contributed by atoms with Crippen LogP contribution in [0.5, 0.6) is 0 Å². The number of nitrogens with zero attached hydrogens (tertiary/aromatic N) is 1. The lowest BCUT2D eigenvalue weighted by Crippen LogP contribution is -2.19. The van der Waals surface area contributed by atoms with Crippen LogP contribution in [0.1, 0.15) is 23.3 Å². The Balaban J connectivity index is 1.90. The first-order valence-electron chi connectivity index (χ1n) is 5.26. The summed E-state index contributed by atoms with van der Waals surface area (Å²) in [4.78, 5) is 15.5. The molecule has 5 nitrogen and oxygen atoms in total. The molecule has 1 aromatic heterocycles. The van der Waals surface area contributed by atoms with Gasteiger partial charge in [0.1, 0.15) is 6.61 Å². The predicted octanol–water partition coefficient (Wildman–Crippen LogP) is 1.000. The fourth-order valence-electron chi connectivity index (χ4n) is 1.60. The van der Waals surface area contributed by atoms with Gasteiger partial charge in [0.2, 0.25) is 0 Å². The summed E-state index contributed by atoms with van der Waals surface area (Å²) in [6.45, 7) is 1.02. The van der Waals surface area contributed by atoms with E-state index in [0.29, 0.717) is 5.69 Å². The number of carbonyl (C=O) groups excluding carboxylic acids is 1. The molecule has 1 unspecified atom stereocenters. The smallest absolute Gasteiger partial charge is 0.359 e. The normalized spacial score (nSPS) is 19.6. The lowest BCUT2D eigenvalue weighted by atomic mass is 10.2. The molecule has 5 heteroatoms. The maximum Gasteiger partial charge on any atom is 0.359 e. The molecule has 0 saturated carbocycles. The van der Waals surface area contributed by atoms with Crippen molar-refractivity contribution < 1.29 is 14.3 Å². The molecule has 0 amide bonds. The largest absolute Gasteiger partial charge is 0.458 e. The second-order valence-corrected chi connectivity index (χ2v) is 3.67. The van der Waals surface area contributed by atoms with E-state index in [1.165, 1.54) is 6.20 Å². The summed E-state index contributed by atoms with van der Waals surface area (Å²) in [7, 11) is 0. The van der Waals surface area contributed by atoms with Crippen molar-refractivity contribution >= 4 is 11.7 Å². The molecule has 0 aliphatic carbocycles. The molecule has 86 valence electrons. The molecule has 0 radical (unpaired) electrons. The van der Waals surface area contributed by atoms with Crippen LogP contribution < -0.4 is 5.73 Å². The number of nitrogen functional groups attached to an aromatic ring is 1. The van der Waals surface area contributed by atoms with Gasteiger partial charge in [-0.05, 0) is 25.0 Å². The van der Waals surface area contributed by atoms with Gasteiger partial charge in [-0.3, -0.25) is 0 Å². The molecule has 1 fully saturated rings. The molecule has 2 N–H and O–H groups in total. The number of aromatic nitrogens is 1. The summed E-state index contributed by atoms with van der Waals surface area (Å²) in [5.41, 5.74) is 6.11. The molecule has 2 heterocycles. The van der Waals surface area contributed by atoms with Crippen LogP contribution in [0.3, 0.4) is 0 Å². The lowest BCUT2D eigenvalue weighted by molar-refractivity contribution is 0.0157. The summed E-state index contributed by atoms with van der Waals surface area (Å²) in [5, 5.41) is 0. The molecule has 0 bridgehead atoms. The zero-order valence-electron chi connectivity index (χ0n) is 8.89. The number of ether oxygens (including phenoxy) is 2. The van der Waals surface area contributed by atoms with Gasteiger partial charge in [-0.1, -0.05) is 0 Å². The third kappa shape index (κ3) is 2.49. The van der Waals surface area contributed by atoms with Gasteiger partial charge in [0.05, 0.1) is 11.8 Å². The fourth-order valence-corrected chi connectivity index (χ4v) is 1.60. The number of nitrogens with two attached hydrogens (primary N) is 1. The number of hydrogen-bond donors (Lipinski definition) is 1. The van der Waals surface area contributed by atoms with E-state index < -0.39 is 5.97 Å². The number of rotatable bonds is 3. The van der Waals surface area contributed by atoms with E-state index in [2.05, 4.69) is 4.98 Å². The van der Waals surface area contributed by atoms with Crippen molar-refractivity contribution in [1.82, 2.24) is 4.98 Å². The average molecular weight is 222 g/mol. The molecule has 2 rings (SSSR count). The number of pyridine rings is 1. The van der Waals surface area contributed by atoms with Gasteiger partial charge in [0.15, 0.2) is 5.69 Å². The summed E-state index contributed by atoms with van der Waals surface area (Å²) in [6.07, 6.45) is 3.49. The van der Waals surface area contributed by atoms with Crippen molar-refractivity contribution in [2.45, 2.75) is 18.9 Å². The minimum Gasteiger partial charge on any atom is -0.458 e. The molecule has 1 atom stereocenters. The topological polar surface area (TPSA) is 74.4 Å². The molecular formula is C11H14N2O3. The SMILES string of the molecule is Nc1cccnc1C(=O)OCC1CCCO1. The highest BCUT2D eigenvalue weighted by atomic mass is 16.6. The van der Waals surface area contributed by atoms with Gasteiger partial charge < -0.3 is 15.2 Å². The molecule has 1 aliphatic heterocycles. The van der Waals surface area contributed by atoms with Crippen molar-refractivity contribution in [2.24, 2.45) is 0 Å². The minimum atomic E-state index is -0.492. The summed E-state index contributed by atoms with van der Waals surface area (Å²) < 4.78 is 10.4. The third-order valence-corrected chi connectivity index (χ3v) is 2.46. The standard InChI is InChI=1S/C11H14N2O3/c12-9-4-1-5-13-10(9)11(14)16-7-8-3-2-6-15-8/h1,4-5,8H,2-3,6-7,12H2. The first-order valence-corrected chi connectivity index (χ1v) is 5.26. The van der Waals surface area contributed by atoms with Crippen LogP contribution >= 0.6 is 0 Å². The summed E-state index contributed by atoms with van der Waals surface area (Å²) in [5.74, 6) is -0.492. The number of anilines is 1. The maximum absolute atomic E-state index is 11.6. The molecule has 1 saturated heterocycles. The molecule has 1 aliphatic rings. The summed E-state index contributed by atoms with van der Waals surface area (Å²) in [6, 6.07) is 3.29. The van der Waals surface area contributed by atoms with Crippen LogP contribution in [0.2, 0.25) is 0 Å². The molecule has 1 aromatic rings. The Labute approximate surface area is 93.6 Å². The fraction of sp³-hybridized carbons (Fsp3) is 0.455. The van der Waals surface area contributed by atoms with Gasteiger partial charge in [0, 0.05) is 12.8 Å². The van der Waals surface area contributed by atoms with Gasteiger partial charge in [0.25, 0.3) is 0 Å². The van der Waals surface area contributed by atoms with Crippen LogP contribution in [-0.2, 0) is 9.47 Å². The highest BCUT2D eigenvalue weighted by Gasteiger charge is 2.19. The second kappa shape index (κ2) is 4.94. The highest BCUT2D eigenvalue weighted by molar-refractivity contribution is 5.92. The predicted molar refractivity (Wildman–Crippen MR) is 57.9 cm³/mol. The van der Waals surface area contributed by atoms with E-state index in [9.17, 15) is 4.79 Å². The van der Waals surface area contributed by atoms with Crippen LogP contribution in [0.25, 0.3) is 0 Å². The van der Waals surface area contributed by atoms with E-state index >= 15 is 0 Å². The van der Waals surface area contributed by atoms with Crippen LogP contribution in [-0.4, -0.2) is 30.3 Å². The third-order valence-electron chi connectivity index (χ3n) is 2.46. The molecular weight excluding hydrogens is 208 g/mol. The van der Waals surface area contributed by atoms with E-state index in [4.69, 9.17) is 15.2 Å². The Morgan fingerprint density at radius 3 is 3.25 bits per heavy atom. The minimum absolute atomic E-state index is 0.0221. The lowest BCUT2D eigenvalue weighted by Gasteiger charge is -2.10. The van der Waals surface area contributed by atoms with Gasteiger partial charge >= 0.3 is 5.97 Å². The summed E-state index contributed by atoms with van der Waals surface area (Å²) >= 11 is 0. The monoisotopic (exact) mass is 222 g/mol. The van der Waals surface area contributed by atoms with Gasteiger partial charge in [-0.15, -0.1) is 0 Å². The van der Waals surface area contributed by atoms with Crippen molar-refractivity contribution in [3.05, 3.63) is 24.0 Å².